The average molecular weight is 192 g/mol. The van der Waals surface area contributed by atoms with Crippen molar-refractivity contribution >= 4 is 0 Å². The van der Waals surface area contributed by atoms with E-state index in [1.807, 2.05) is 12.1 Å². The van der Waals surface area contributed by atoms with Gasteiger partial charge in [-0.1, -0.05) is 19.9 Å². The van der Waals surface area contributed by atoms with Gasteiger partial charge in [0, 0.05) is 0 Å². The van der Waals surface area contributed by atoms with Gasteiger partial charge in [0.2, 0.25) is 0 Å². The minimum Gasteiger partial charge on any atom is -0.497 e. The molecule has 3 unspecified atom stereocenters. The van der Waals surface area contributed by atoms with Gasteiger partial charge in [-0.25, -0.2) is 0 Å². The van der Waals surface area contributed by atoms with Crippen molar-refractivity contribution in [1.82, 2.24) is 0 Å². The van der Waals surface area contributed by atoms with Gasteiger partial charge in [-0.2, -0.15) is 0 Å². The minimum absolute atomic E-state index is 0.303. The average Bonchev–Trinajstić information content (AvgIpc) is 2.44. The van der Waals surface area contributed by atoms with E-state index in [-0.39, 0.29) is 6.10 Å². The van der Waals surface area contributed by atoms with Crippen molar-refractivity contribution in [3.05, 3.63) is 29.3 Å². The van der Waals surface area contributed by atoms with E-state index >= 15 is 0 Å². The van der Waals surface area contributed by atoms with Crippen LogP contribution in [0.5, 0.6) is 5.75 Å². The monoisotopic (exact) mass is 192 g/mol. The fourth-order valence-corrected chi connectivity index (χ4v) is 2.19. The Labute approximate surface area is 84.5 Å². The standard InChI is InChI=1S/C12H16O2/c1-7-8(2)12(13)11-6-9(14-3)4-5-10(7)11/h4-8,12-13H,1-3H3. The van der Waals surface area contributed by atoms with Crippen molar-refractivity contribution in [2.45, 2.75) is 25.9 Å². The first-order valence-electron chi connectivity index (χ1n) is 5.01. The Kier molecular flexibility index (Phi) is 2.23. The second kappa shape index (κ2) is 3.28. The predicted octanol–water partition coefficient (Wildman–Crippen LogP) is 2.48. The zero-order chi connectivity index (χ0) is 10.3. The molecule has 0 heterocycles. The Hall–Kier alpha value is -1.02. The number of aliphatic hydroxyl groups excluding tert-OH is 1. The fourth-order valence-electron chi connectivity index (χ4n) is 2.19. The number of ether oxygens (including phenoxy) is 1. The second-order valence-electron chi connectivity index (χ2n) is 4.09. The highest BCUT2D eigenvalue weighted by atomic mass is 16.5. The summed E-state index contributed by atoms with van der Waals surface area (Å²) in [5, 5.41) is 9.98. The lowest BCUT2D eigenvalue weighted by Gasteiger charge is -2.12. The van der Waals surface area contributed by atoms with E-state index in [9.17, 15) is 5.11 Å². The molecule has 76 valence electrons. The molecule has 0 amide bonds. The van der Waals surface area contributed by atoms with Gasteiger partial charge in [-0.05, 0) is 35.1 Å². The van der Waals surface area contributed by atoms with E-state index in [1.54, 1.807) is 7.11 Å². The van der Waals surface area contributed by atoms with Gasteiger partial charge in [0.15, 0.2) is 0 Å². The van der Waals surface area contributed by atoms with Crippen molar-refractivity contribution in [3.8, 4) is 5.75 Å². The SMILES string of the molecule is COc1ccc2c(c1)C(O)C(C)C2C. The van der Waals surface area contributed by atoms with Crippen LogP contribution in [-0.4, -0.2) is 12.2 Å². The van der Waals surface area contributed by atoms with Crippen LogP contribution in [0.25, 0.3) is 0 Å². The lowest BCUT2D eigenvalue weighted by atomic mass is 9.96. The molecule has 0 bridgehead atoms. The Bertz CT molecular complexity index is 346. The summed E-state index contributed by atoms with van der Waals surface area (Å²) in [6.07, 6.45) is -0.338. The second-order valence-corrected chi connectivity index (χ2v) is 4.09. The van der Waals surface area contributed by atoms with Crippen LogP contribution in [0.2, 0.25) is 0 Å². The van der Waals surface area contributed by atoms with Crippen molar-refractivity contribution in [2.75, 3.05) is 7.11 Å². The number of hydrogen-bond acceptors (Lipinski definition) is 2. The fraction of sp³-hybridized carbons (Fsp3) is 0.500. The van der Waals surface area contributed by atoms with Crippen molar-refractivity contribution in [2.24, 2.45) is 5.92 Å². The number of rotatable bonds is 1. The molecule has 1 N–H and O–H groups in total. The van der Waals surface area contributed by atoms with Crippen LogP contribution in [0.15, 0.2) is 18.2 Å². The molecule has 1 aromatic rings. The molecular formula is C12H16O2. The normalized spacial score (nSPS) is 30.1. The predicted molar refractivity (Wildman–Crippen MR) is 55.5 cm³/mol. The van der Waals surface area contributed by atoms with Gasteiger partial charge >= 0.3 is 0 Å². The number of fused-ring (bicyclic) bond motifs is 1. The molecule has 1 aromatic carbocycles. The number of benzene rings is 1. The van der Waals surface area contributed by atoms with E-state index in [2.05, 4.69) is 19.9 Å². The van der Waals surface area contributed by atoms with Gasteiger partial charge in [-0.3, -0.25) is 0 Å². The summed E-state index contributed by atoms with van der Waals surface area (Å²) in [5.41, 5.74) is 2.29. The first-order valence-corrected chi connectivity index (χ1v) is 5.01. The van der Waals surface area contributed by atoms with Crippen LogP contribution in [0.4, 0.5) is 0 Å². The molecular weight excluding hydrogens is 176 g/mol. The molecule has 0 saturated heterocycles. The smallest absolute Gasteiger partial charge is 0.119 e. The van der Waals surface area contributed by atoms with Crippen molar-refractivity contribution < 1.29 is 9.84 Å². The van der Waals surface area contributed by atoms with E-state index in [4.69, 9.17) is 4.74 Å². The molecule has 3 atom stereocenters. The maximum absolute atomic E-state index is 9.98. The summed E-state index contributed by atoms with van der Waals surface area (Å²) in [4.78, 5) is 0. The first kappa shape index (κ1) is 9.53. The van der Waals surface area contributed by atoms with Crippen LogP contribution < -0.4 is 4.74 Å². The number of methoxy groups -OCH3 is 1. The van der Waals surface area contributed by atoms with E-state index in [0.29, 0.717) is 11.8 Å². The van der Waals surface area contributed by atoms with E-state index in [0.717, 1.165) is 11.3 Å². The number of aliphatic hydroxyl groups is 1. The Morgan fingerprint density at radius 1 is 1.21 bits per heavy atom. The quantitative estimate of drug-likeness (QED) is 0.740. The summed E-state index contributed by atoms with van der Waals surface area (Å²) in [6.45, 7) is 4.24. The Balaban J connectivity index is 2.48. The zero-order valence-corrected chi connectivity index (χ0v) is 8.82. The maximum Gasteiger partial charge on any atom is 0.119 e. The summed E-state index contributed by atoms with van der Waals surface area (Å²) >= 11 is 0. The van der Waals surface area contributed by atoms with Gasteiger partial charge in [0.05, 0.1) is 13.2 Å². The molecule has 0 fully saturated rings. The van der Waals surface area contributed by atoms with Crippen LogP contribution >= 0.6 is 0 Å². The molecule has 0 aromatic heterocycles. The van der Waals surface area contributed by atoms with E-state index < -0.39 is 0 Å². The highest BCUT2D eigenvalue weighted by Gasteiger charge is 2.33. The molecule has 14 heavy (non-hydrogen) atoms. The molecule has 0 saturated carbocycles. The molecule has 1 aliphatic carbocycles. The van der Waals surface area contributed by atoms with Crippen LogP contribution in [0.3, 0.4) is 0 Å². The molecule has 2 nitrogen and oxygen atoms in total. The van der Waals surface area contributed by atoms with Crippen molar-refractivity contribution in [1.29, 1.82) is 0 Å². The minimum atomic E-state index is -0.338. The lowest BCUT2D eigenvalue weighted by Crippen LogP contribution is -2.04. The molecule has 0 spiro atoms. The summed E-state index contributed by atoms with van der Waals surface area (Å²) < 4.78 is 5.15. The third-order valence-corrected chi connectivity index (χ3v) is 3.39. The summed E-state index contributed by atoms with van der Waals surface area (Å²) in [7, 11) is 1.65. The number of hydrogen-bond donors (Lipinski definition) is 1. The topological polar surface area (TPSA) is 29.5 Å². The highest BCUT2D eigenvalue weighted by molar-refractivity contribution is 5.43. The molecule has 2 rings (SSSR count). The molecule has 0 radical (unpaired) electrons. The Morgan fingerprint density at radius 3 is 2.57 bits per heavy atom. The van der Waals surface area contributed by atoms with Gasteiger partial charge in [-0.15, -0.1) is 0 Å². The molecule has 0 aliphatic heterocycles. The summed E-state index contributed by atoms with van der Waals surface area (Å²) in [5.74, 6) is 1.56. The summed E-state index contributed by atoms with van der Waals surface area (Å²) in [6, 6.07) is 5.96. The van der Waals surface area contributed by atoms with Crippen LogP contribution in [-0.2, 0) is 0 Å². The molecule has 1 aliphatic rings. The van der Waals surface area contributed by atoms with Crippen molar-refractivity contribution in [3.63, 3.8) is 0 Å². The lowest BCUT2D eigenvalue weighted by molar-refractivity contribution is 0.123. The van der Waals surface area contributed by atoms with Crippen LogP contribution in [0, 0.1) is 5.92 Å². The third kappa shape index (κ3) is 1.22. The van der Waals surface area contributed by atoms with Gasteiger partial charge in [0.25, 0.3) is 0 Å². The zero-order valence-electron chi connectivity index (χ0n) is 8.82. The third-order valence-electron chi connectivity index (χ3n) is 3.39. The first-order chi connectivity index (χ1) is 6.65. The van der Waals surface area contributed by atoms with Gasteiger partial charge in [0.1, 0.15) is 5.75 Å². The van der Waals surface area contributed by atoms with Gasteiger partial charge < -0.3 is 9.84 Å². The van der Waals surface area contributed by atoms with Crippen LogP contribution in [0.1, 0.15) is 37.0 Å². The maximum atomic E-state index is 9.98. The highest BCUT2D eigenvalue weighted by Crippen LogP contribution is 2.45. The Morgan fingerprint density at radius 2 is 1.93 bits per heavy atom. The van der Waals surface area contributed by atoms with E-state index in [1.165, 1.54) is 5.56 Å². The largest absolute Gasteiger partial charge is 0.497 e. The molecule has 2 heteroatoms.